The molecule has 0 aliphatic rings. The number of rotatable bonds is 10. The van der Waals surface area contributed by atoms with E-state index in [4.69, 9.17) is 4.74 Å². The van der Waals surface area contributed by atoms with Gasteiger partial charge in [0, 0.05) is 32.8 Å². The SMILES string of the molecule is C/C=C/CCNC(=NCCCOCC(C)C)NCC.I. The van der Waals surface area contributed by atoms with E-state index in [0.717, 1.165) is 51.6 Å². The Hall–Kier alpha value is -0.300. The summed E-state index contributed by atoms with van der Waals surface area (Å²) >= 11 is 0. The average Bonchev–Trinajstić information content (AvgIpc) is 2.38. The average molecular weight is 397 g/mol. The molecule has 2 N–H and O–H groups in total. The maximum Gasteiger partial charge on any atom is 0.191 e. The number of nitrogens with one attached hydrogen (secondary N) is 2. The first-order valence-electron chi connectivity index (χ1n) is 7.41. The van der Waals surface area contributed by atoms with Crippen molar-refractivity contribution >= 4 is 29.9 Å². The molecule has 0 aliphatic carbocycles. The molecule has 0 spiro atoms. The summed E-state index contributed by atoms with van der Waals surface area (Å²) in [5.74, 6) is 1.50. The van der Waals surface area contributed by atoms with E-state index in [1.165, 1.54) is 0 Å². The molecule has 0 radical (unpaired) electrons. The number of ether oxygens (including phenoxy) is 1. The molecule has 0 unspecified atom stereocenters. The van der Waals surface area contributed by atoms with Gasteiger partial charge in [0.15, 0.2) is 5.96 Å². The molecule has 120 valence electrons. The quantitative estimate of drug-likeness (QED) is 0.196. The van der Waals surface area contributed by atoms with Crippen molar-refractivity contribution in [3.8, 4) is 0 Å². The molecule has 0 amide bonds. The predicted octanol–water partition coefficient (Wildman–Crippen LogP) is 3.19. The van der Waals surface area contributed by atoms with Gasteiger partial charge in [-0.25, -0.2) is 0 Å². The van der Waals surface area contributed by atoms with Gasteiger partial charge < -0.3 is 15.4 Å². The van der Waals surface area contributed by atoms with Crippen molar-refractivity contribution in [3.63, 3.8) is 0 Å². The van der Waals surface area contributed by atoms with E-state index in [-0.39, 0.29) is 24.0 Å². The van der Waals surface area contributed by atoms with Crippen LogP contribution in [0.1, 0.15) is 40.5 Å². The number of allylic oxidation sites excluding steroid dienone is 1. The Morgan fingerprint density at radius 2 is 2.05 bits per heavy atom. The minimum atomic E-state index is 0. The fourth-order valence-corrected chi connectivity index (χ4v) is 1.46. The third kappa shape index (κ3) is 15.8. The molecule has 0 aliphatic heterocycles. The van der Waals surface area contributed by atoms with E-state index in [1.807, 2.05) is 6.92 Å². The maximum atomic E-state index is 5.53. The lowest BCUT2D eigenvalue weighted by atomic mass is 10.2. The van der Waals surface area contributed by atoms with Gasteiger partial charge in [-0.1, -0.05) is 26.0 Å². The van der Waals surface area contributed by atoms with Crippen molar-refractivity contribution in [1.82, 2.24) is 10.6 Å². The number of halogens is 1. The molecule has 0 saturated carbocycles. The van der Waals surface area contributed by atoms with Gasteiger partial charge in [0.1, 0.15) is 0 Å². The summed E-state index contributed by atoms with van der Waals surface area (Å²) in [6.07, 6.45) is 6.21. The van der Waals surface area contributed by atoms with Crippen molar-refractivity contribution in [2.75, 3.05) is 32.8 Å². The molecular weight excluding hydrogens is 365 g/mol. The molecule has 0 aromatic carbocycles. The van der Waals surface area contributed by atoms with Crippen LogP contribution in [0.2, 0.25) is 0 Å². The smallest absolute Gasteiger partial charge is 0.191 e. The molecule has 0 aromatic rings. The summed E-state index contributed by atoms with van der Waals surface area (Å²) < 4.78 is 5.53. The minimum Gasteiger partial charge on any atom is -0.381 e. The Bertz CT molecular complexity index is 256. The Morgan fingerprint density at radius 3 is 2.65 bits per heavy atom. The third-order valence-electron chi connectivity index (χ3n) is 2.35. The Balaban J connectivity index is 0. The van der Waals surface area contributed by atoms with Crippen molar-refractivity contribution < 1.29 is 4.74 Å². The highest BCUT2D eigenvalue weighted by molar-refractivity contribution is 14.0. The van der Waals surface area contributed by atoms with Crippen LogP contribution < -0.4 is 10.6 Å². The van der Waals surface area contributed by atoms with Gasteiger partial charge in [0.2, 0.25) is 0 Å². The van der Waals surface area contributed by atoms with E-state index in [9.17, 15) is 0 Å². The summed E-state index contributed by atoms with van der Waals surface area (Å²) in [5.41, 5.74) is 0. The van der Waals surface area contributed by atoms with Crippen molar-refractivity contribution in [2.45, 2.75) is 40.5 Å². The van der Waals surface area contributed by atoms with Crippen LogP contribution in [-0.2, 0) is 4.74 Å². The van der Waals surface area contributed by atoms with E-state index in [2.05, 4.69) is 48.5 Å². The predicted molar refractivity (Wildman–Crippen MR) is 99.1 cm³/mol. The number of nitrogens with zero attached hydrogens (tertiary/aromatic N) is 1. The summed E-state index contributed by atoms with van der Waals surface area (Å²) in [6.45, 7) is 12.7. The lowest BCUT2D eigenvalue weighted by Gasteiger charge is -2.10. The van der Waals surface area contributed by atoms with Crippen molar-refractivity contribution in [1.29, 1.82) is 0 Å². The second-order valence-electron chi connectivity index (χ2n) is 4.87. The lowest BCUT2D eigenvalue weighted by molar-refractivity contribution is 0.109. The summed E-state index contributed by atoms with van der Waals surface area (Å²) in [7, 11) is 0. The minimum absolute atomic E-state index is 0. The van der Waals surface area contributed by atoms with Crippen molar-refractivity contribution in [3.05, 3.63) is 12.2 Å². The first kappa shape index (κ1) is 22.0. The zero-order valence-electron chi connectivity index (χ0n) is 13.4. The second-order valence-corrected chi connectivity index (χ2v) is 4.87. The van der Waals surface area contributed by atoms with Gasteiger partial charge in [0.05, 0.1) is 0 Å². The zero-order chi connectivity index (χ0) is 14.3. The molecule has 0 heterocycles. The van der Waals surface area contributed by atoms with Crippen LogP contribution in [0.5, 0.6) is 0 Å². The molecule has 0 aromatic heterocycles. The van der Waals surface area contributed by atoms with Gasteiger partial charge in [-0.05, 0) is 32.6 Å². The highest BCUT2D eigenvalue weighted by Gasteiger charge is 1.96. The summed E-state index contributed by atoms with van der Waals surface area (Å²) in [6, 6.07) is 0. The Morgan fingerprint density at radius 1 is 1.30 bits per heavy atom. The molecule has 0 atom stereocenters. The van der Waals surface area contributed by atoms with Crippen LogP contribution in [-0.4, -0.2) is 38.8 Å². The van der Waals surface area contributed by atoms with E-state index < -0.39 is 0 Å². The fourth-order valence-electron chi connectivity index (χ4n) is 1.46. The second kappa shape index (κ2) is 16.8. The number of hydrogen-bond donors (Lipinski definition) is 2. The molecule has 0 saturated heterocycles. The van der Waals surface area contributed by atoms with E-state index in [1.54, 1.807) is 0 Å². The lowest BCUT2D eigenvalue weighted by Crippen LogP contribution is -2.37. The van der Waals surface area contributed by atoms with Gasteiger partial charge >= 0.3 is 0 Å². The van der Waals surface area contributed by atoms with Gasteiger partial charge in [-0.2, -0.15) is 0 Å². The molecule has 4 nitrogen and oxygen atoms in total. The highest BCUT2D eigenvalue weighted by atomic mass is 127. The van der Waals surface area contributed by atoms with E-state index in [0.29, 0.717) is 5.92 Å². The topological polar surface area (TPSA) is 45.7 Å². The summed E-state index contributed by atoms with van der Waals surface area (Å²) in [4.78, 5) is 4.52. The Kier molecular flexibility index (Phi) is 18.4. The Labute approximate surface area is 141 Å². The van der Waals surface area contributed by atoms with Crippen LogP contribution in [0.15, 0.2) is 17.1 Å². The first-order valence-corrected chi connectivity index (χ1v) is 7.41. The molecule has 0 bridgehead atoms. The van der Waals surface area contributed by atoms with Crippen LogP contribution in [0, 0.1) is 5.92 Å². The maximum absolute atomic E-state index is 5.53. The standard InChI is InChI=1S/C15H31N3O.HI/c1-5-7-8-10-17-15(16-6-2)18-11-9-12-19-13-14(3)4;/h5,7,14H,6,8-13H2,1-4H3,(H2,16,17,18);1H/b7-5+;. The fraction of sp³-hybridized carbons (Fsp3) is 0.800. The summed E-state index contributed by atoms with van der Waals surface area (Å²) in [5, 5.41) is 6.55. The molecule has 0 fully saturated rings. The van der Waals surface area contributed by atoms with Crippen LogP contribution in [0.4, 0.5) is 0 Å². The monoisotopic (exact) mass is 397 g/mol. The molecular formula is C15H32IN3O. The highest BCUT2D eigenvalue weighted by Crippen LogP contribution is 1.93. The van der Waals surface area contributed by atoms with Gasteiger partial charge in [0.25, 0.3) is 0 Å². The van der Waals surface area contributed by atoms with Crippen molar-refractivity contribution in [2.24, 2.45) is 10.9 Å². The van der Waals surface area contributed by atoms with Gasteiger partial charge in [-0.3, -0.25) is 4.99 Å². The number of guanidine groups is 1. The third-order valence-corrected chi connectivity index (χ3v) is 2.35. The van der Waals surface area contributed by atoms with Crippen LogP contribution in [0.3, 0.4) is 0 Å². The normalized spacial score (nSPS) is 11.8. The zero-order valence-corrected chi connectivity index (χ0v) is 15.8. The number of hydrogen-bond acceptors (Lipinski definition) is 2. The van der Waals surface area contributed by atoms with Crippen LogP contribution >= 0.6 is 24.0 Å². The largest absolute Gasteiger partial charge is 0.381 e. The van der Waals surface area contributed by atoms with Gasteiger partial charge in [-0.15, -0.1) is 24.0 Å². The first-order chi connectivity index (χ1) is 9.20. The molecule has 5 heteroatoms. The molecule has 20 heavy (non-hydrogen) atoms. The van der Waals surface area contributed by atoms with Crippen LogP contribution in [0.25, 0.3) is 0 Å². The number of aliphatic imine (C=N–C) groups is 1. The molecule has 0 rings (SSSR count). The van der Waals surface area contributed by atoms with E-state index >= 15 is 0 Å².